The van der Waals surface area contributed by atoms with Gasteiger partial charge >= 0.3 is 0 Å². The Balaban J connectivity index is 1.97. The number of carbonyl (C=O) groups is 1. The molecule has 1 saturated heterocycles. The van der Waals surface area contributed by atoms with Crippen molar-refractivity contribution in [1.82, 2.24) is 0 Å². The van der Waals surface area contributed by atoms with Crippen LogP contribution in [-0.4, -0.2) is 25.5 Å². The van der Waals surface area contributed by atoms with Crippen molar-refractivity contribution in [3.8, 4) is 0 Å². The summed E-state index contributed by atoms with van der Waals surface area (Å²) in [6, 6.07) is 6.27. The van der Waals surface area contributed by atoms with E-state index in [1.165, 1.54) is 12.1 Å². The maximum absolute atomic E-state index is 11.9. The first-order valence-corrected chi connectivity index (χ1v) is 6.92. The number of nitrogens with zero attached hydrogens (tertiary/aromatic N) is 2. The molecule has 102 valence electrons. The fourth-order valence-electron chi connectivity index (χ4n) is 3.38. The van der Waals surface area contributed by atoms with Gasteiger partial charge in [-0.3, -0.25) is 4.79 Å². The maximum atomic E-state index is 11.9. The third kappa shape index (κ3) is 1.82. The zero-order valence-corrected chi connectivity index (χ0v) is 11.8. The van der Waals surface area contributed by atoms with Crippen LogP contribution in [0.25, 0.3) is 0 Å². The number of hydrogen-bond acceptors (Lipinski definition) is 3. The minimum absolute atomic E-state index is 0.0185. The van der Waals surface area contributed by atoms with Crippen molar-refractivity contribution >= 4 is 17.3 Å². The SMILES string of the molecule is CC1CC(C)N(c2ccc3c(c2)N(C)C(=O)C3N)C1. The van der Waals surface area contributed by atoms with Gasteiger partial charge in [-0.25, -0.2) is 0 Å². The van der Waals surface area contributed by atoms with Gasteiger partial charge in [0.2, 0.25) is 5.91 Å². The quantitative estimate of drug-likeness (QED) is 0.838. The first-order valence-electron chi connectivity index (χ1n) is 6.92. The fourth-order valence-corrected chi connectivity index (χ4v) is 3.38. The first-order chi connectivity index (χ1) is 8.99. The highest BCUT2D eigenvalue weighted by molar-refractivity contribution is 6.04. The van der Waals surface area contributed by atoms with Crippen molar-refractivity contribution in [3.63, 3.8) is 0 Å². The van der Waals surface area contributed by atoms with Gasteiger partial charge in [-0.15, -0.1) is 0 Å². The number of rotatable bonds is 1. The second-order valence-electron chi connectivity index (χ2n) is 5.96. The van der Waals surface area contributed by atoms with Crippen LogP contribution in [0.3, 0.4) is 0 Å². The van der Waals surface area contributed by atoms with Gasteiger partial charge in [-0.05, 0) is 31.4 Å². The van der Waals surface area contributed by atoms with Crippen LogP contribution in [0.2, 0.25) is 0 Å². The molecule has 2 aliphatic rings. The van der Waals surface area contributed by atoms with Crippen LogP contribution in [-0.2, 0) is 4.79 Å². The molecule has 2 N–H and O–H groups in total. The molecule has 19 heavy (non-hydrogen) atoms. The van der Waals surface area contributed by atoms with Gasteiger partial charge in [0.25, 0.3) is 0 Å². The summed E-state index contributed by atoms with van der Waals surface area (Å²) in [6.07, 6.45) is 1.23. The zero-order chi connectivity index (χ0) is 13.7. The van der Waals surface area contributed by atoms with E-state index in [4.69, 9.17) is 5.73 Å². The van der Waals surface area contributed by atoms with Crippen LogP contribution in [0.5, 0.6) is 0 Å². The molecule has 1 aromatic rings. The highest BCUT2D eigenvalue weighted by atomic mass is 16.2. The minimum Gasteiger partial charge on any atom is -0.368 e. The van der Waals surface area contributed by atoms with Crippen molar-refractivity contribution in [2.24, 2.45) is 11.7 Å². The Bertz CT molecular complexity index is 528. The van der Waals surface area contributed by atoms with E-state index in [1.54, 1.807) is 11.9 Å². The van der Waals surface area contributed by atoms with Crippen molar-refractivity contribution in [1.29, 1.82) is 0 Å². The molecule has 1 amide bonds. The van der Waals surface area contributed by atoms with Crippen LogP contribution in [0.4, 0.5) is 11.4 Å². The summed E-state index contributed by atoms with van der Waals surface area (Å²) in [5.74, 6) is 0.708. The number of likely N-dealkylation sites (N-methyl/N-ethyl adjacent to an activating group) is 1. The number of anilines is 2. The average Bonchev–Trinajstić information content (AvgIpc) is 2.83. The van der Waals surface area contributed by atoms with Crippen LogP contribution in [0.1, 0.15) is 31.9 Å². The predicted molar refractivity (Wildman–Crippen MR) is 77.4 cm³/mol. The molecule has 2 aliphatic heterocycles. The zero-order valence-electron chi connectivity index (χ0n) is 11.8. The Labute approximate surface area is 114 Å². The second kappa shape index (κ2) is 4.23. The number of amides is 1. The summed E-state index contributed by atoms with van der Waals surface area (Å²) >= 11 is 0. The molecule has 1 aromatic carbocycles. The summed E-state index contributed by atoms with van der Waals surface area (Å²) in [7, 11) is 1.80. The lowest BCUT2D eigenvalue weighted by atomic mass is 10.1. The molecule has 3 rings (SSSR count). The van der Waals surface area contributed by atoms with Gasteiger partial charge in [0.15, 0.2) is 0 Å². The molecule has 4 heteroatoms. The largest absolute Gasteiger partial charge is 0.368 e. The van der Waals surface area contributed by atoms with E-state index in [-0.39, 0.29) is 5.91 Å². The summed E-state index contributed by atoms with van der Waals surface area (Å²) < 4.78 is 0. The number of hydrogen-bond donors (Lipinski definition) is 1. The molecule has 3 unspecified atom stereocenters. The van der Waals surface area contributed by atoms with Crippen LogP contribution in [0, 0.1) is 5.92 Å². The number of fused-ring (bicyclic) bond motifs is 1. The number of carbonyl (C=O) groups excluding carboxylic acids is 1. The molecule has 0 aliphatic carbocycles. The van der Waals surface area contributed by atoms with Crippen molar-refractivity contribution < 1.29 is 4.79 Å². The lowest BCUT2D eigenvalue weighted by molar-refractivity contribution is -0.118. The average molecular weight is 259 g/mol. The number of benzene rings is 1. The predicted octanol–water partition coefficient (Wildman–Crippen LogP) is 1.90. The van der Waals surface area contributed by atoms with Gasteiger partial charge in [0.1, 0.15) is 6.04 Å². The van der Waals surface area contributed by atoms with Gasteiger partial charge < -0.3 is 15.5 Å². The second-order valence-corrected chi connectivity index (χ2v) is 5.96. The Hall–Kier alpha value is -1.55. The molecule has 0 spiro atoms. The summed E-state index contributed by atoms with van der Waals surface area (Å²) in [5.41, 5.74) is 9.03. The van der Waals surface area contributed by atoms with E-state index in [0.29, 0.717) is 6.04 Å². The molecule has 0 bridgehead atoms. The molecule has 1 fully saturated rings. The van der Waals surface area contributed by atoms with Gasteiger partial charge in [-0.2, -0.15) is 0 Å². The summed E-state index contributed by atoms with van der Waals surface area (Å²) in [6.45, 7) is 5.64. The normalized spacial score (nSPS) is 30.1. The van der Waals surface area contributed by atoms with Gasteiger partial charge in [0.05, 0.1) is 5.69 Å². The smallest absolute Gasteiger partial charge is 0.248 e. The lowest BCUT2D eigenvalue weighted by Gasteiger charge is -2.25. The van der Waals surface area contributed by atoms with Crippen LogP contribution < -0.4 is 15.5 Å². The Morgan fingerprint density at radius 1 is 1.32 bits per heavy atom. The Morgan fingerprint density at radius 3 is 2.68 bits per heavy atom. The molecule has 3 atom stereocenters. The minimum atomic E-state index is -0.496. The van der Waals surface area contributed by atoms with E-state index in [0.717, 1.165) is 23.7 Å². The Morgan fingerprint density at radius 2 is 2.05 bits per heavy atom. The molecule has 2 heterocycles. The van der Waals surface area contributed by atoms with Crippen molar-refractivity contribution in [2.45, 2.75) is 32.4 Å². The molecule has 0 radical (unpaired) electrons. The van der Waals surface area contributed by atoms with E-state index in [1.807, 2.05) is 6.07 Å². The number of nitrogens with two attached hydrogens (primary N) is 1. The first kappa shape index (κ1) is 12.5. The monoisotopic (exact) mass is 259 g/mol. The highest BCUT2D eigenvalue weighted by Gasteiger charge is 2.34. The van der Waals surface area contributed by atoms with Crippen molar-refractivity contribution in [3.05, 3.63) is 23.8 Å². The Kier molecular flexibility index (Phi) is 2.78. The molecular weight excluding hydrogens is 238 g/mol. The van der Waals surface area contributed by atoms with Crippen LogP contribution in [0.15, 0.2) is 18.2 Å². The lowest BCUT2D eigenvalue weighted by Crippen LogP contribution is -2.28. The van der Waals surface area contributed by atoms with Gasteiger partial charge in [0, 0.05) is 30.9 Å². The van der Waals surface area contributed by atoms with E-state index < -0.39 is 6.04 Å². The topological polar surface area (TPSA) is 49.6 Å². The third-order valence-corrected chi connectivity index (χ3v) is 4.42. The van der Waals surface area contributed by atoms with E-state index in [9.17, 15) is 4.79 Å². The maximum Gasteiger partial charge on any atom is 0.248 e. The summed E-state index contributed by atoms with van der Waals surface area (Å²) in [4.78, 5) is 16.0. The van der Waals surface area contributed by atoms with Crippen LogP contribution >= 0.6 is 0 Å². The molecular formula is C15H21N3O. The third-order valence-electron chi connectivity index (χ3n) is 4.42. The molecule has 0 aromatic heterocycles. The van der Waals surface area contributed by atoms with E-state index >= 15 is 0 Å². The van der Waals surface area contributed by atoms with E-state index in [2.05, 4.69) is 30.9 Å². The fraction of sp³-hybridized carbons (Fsp3) is 0.533. The molecule has 0 saturated carbocycles. The standard InChI is InChI=1S/C15H21N3O/c1-9-6-10(2)18(8-9)11-4-5-12-13(7-11)17(3)15(19)14(12)16/h4-5,7,9-10,14H,6,8,16H2,1-3H3. The molecule has 4 nitrogen and oxygen atoms in total. The van der Waals surface area contributed by atoms with Crippen molar-refractivity contribution in [2.75, 3.05) is 23.4 Å². The van der Waals surface area contributed by atoms with Gasteiger partial charge in [-0.1, -0.05) is 13.0 Å². The summed E-state index contributed by atoms with van der Waals surface area (Å²) in [5, 5.41) is 0. The highest BCUT2D eigenvalue weighted by Crippen LogP contribution is 2.38.